The molecule has 3 aromatic carbocycles. The minimum Gasteiger partial charge on any atom is -0.508 e. The summed E-state index contributed by atoms with van der Waals surface area (Å²) in [5.41, 5.74) is 3.91. The third-order valence-corrected chi connectivity index (χ3v) is 6.38. The highest BCUT2D eigenvalue weighted by atomic mass is 32.2. The zero-order chi connectivity index (χ0) is 22.0. The number of fused-ring (bicyclic) bond motifs is 1. The van der Waals surface area contributed by atoms with Crippen LogP contribution in [0.3, 0.4) is 0 Å². The molecule has 0 aliphatic rings. The summed E-state index contributed by atoms with van der Waals surface area (Å²) in [6.07, 6.45) is 1.70. The number of phenols is 1. The van der Waals surface area contributed by atoms with Crippen molar-refractivity contribution in [3.63, 3.8) is 0 Å². The van der Waals surface area contributed by atoms with Crippen molar-refractivity contribution in [1.82, 2.24) is 4.98 Å². The summed E-state index contributed by atoms with van der Waals surface area (Å²) in [7, 11) is -1.19. The largest absolute Gasteiger partial charge is 0.508 e. The van der Waals surface area contributed by atoms with Crippen LogP contribution in [-0.2, 0) is 9.71 Å². The van der Waals surface area contributed by atoms with Crippen molar-refractivity contribution in [2.75, 3.05) is 17.1 Å². The summed E-state index contributed by atoms with van der Waals surface area (Å²) in [5.74, 6) is 4.55. The van der Waals surface area contributed by atoms with Crippen LogP contribution in [0.1, 0.15) is 5.56 Å². The van der Waals surface area contributed by atoms with Crippen molar-refractivity contribution in [1.29, 1.82) is 0 Å². The second kappa shape index (κ2) is 8.20. The van der Waals surface area contributed by atoms with Crippen LogP contribution >= 0.6 is 0 Å². The number of anilines is 3. The maximum Gasteiger partial charge on any atom is 0.124 e. The number of hydrogen-bond donors (Lipinski definition) is 3. The van der Waals surface area contributed by atoms with E-state index in [1.807, 2.05) is 49.4 Å². The lowest BCUT2D eigenvalue weighted by Gasteiger charge is -2.15. The lowest BCUT2D eigenvalue weighted by atomic mass is 10.1. The smallest absolute Gasteiger partial charge is 0.124 e. The van der Waals surface area contributed by atoms with E-state index in [0.717, 1.165) is 22.2 Å². The molecule has 0 bridgehead atoms. The molecule has 7 heteroatoms. The summed E-state index contributed by atoms with van der Waals surface area (Å²) in [4.78, 5) is 5.06. The van der Waals surface area contributed by atoms with Gasteiger partial charge in [-0.3, -0.25) is 4.98 Å². The number of phenolic OH excluding ortho intramolecular Hbond substituents is 1. The van der Waals surface area contributed by atoms with E-state index in [1.165, 1.54) is 6.07 Å². The monoisotopic (exact) mass is 433 g/mol. The normalized spacial score (nSPS) is 12.8. The fourth-order valence-electron chi connectivity index (χ4n) is 3.32. The van der Waals surface area contributed by atoms with E-state index in [1.54, 1.807) is 31.5 Å². The van der Waals surface area contributed by atoms with Gasteiger partial charge in [0.1, 0.15) is 11.5 Å². The highest BCUT2D eigenvalue weighted by Crippen LogP contribution is 2.31. The number of benzene rings is 3. The fraction of sp³-hybridized carbons (Fsp3) is 0.0833. The molecular weight excluding hydrogens is 410 g/mol. The van der Waals surface area contributed by atoms with E-state index in [4.69, 9.17) is 4.74 Å². The number of nitrogens with one attached hydrogen (secondary N) is 2. The Labute approximate surface area is 181 Å². The maximum absolute atomic E-state index is 13.2. The molecule has 0 spiro atoms. The van der Waals surface area contributed by atoms with Crippen molar-refractivity contribution in [3.05, 3.63) is 78.5 Å². The topological polar surface area (TPSA) is 83.5 Å². The van der Waals surface area contributed by atoms with Gasteiger partial charge in [-0.05, 0) is 54.8 Å². The molecule has 0 fully saturated rings. The molecule has 0 saturated heterocycles. The van der Waals surface area contributed by atoms with E-state index in [9.17, 15) is 9.32 Å². The molecule has 1 unspecified atom stereocenters. The number of aromatic nitrogens is 1. The van der Waals surface area contributed by atoms with Crippen LogP contribution in [0.4, 0.5) is 17.1 Å². The number of pyridine rings is 1. The van der Waals surface area contributed by atoms with Crippen molar-refractivity contribution < 1.29 is 14.1 Å². The van der Waals surface area contributed by atoms with E-state index >= 15 is 0 Å². The van der Waals surface area contributed by atoms with E-state index in [-0.39, 0.29) is 5.75 Å². The van der Waals surface area contributed by atoms with E-state index < -0.39 is 9.71 Å². The number of nitrogens with zero attached hydrogens (tertiary/aromatic N) is 1. The quantitative estimate of drug-likeness (QED) is 0.368. The molecule has 6 nitrogen and oxygen atoms in total. The van der Waals surface area contributed by atoms with Crippen LogP contribution in [0, 0.1) is 6.92 Å². The maximum atomic E-state index is 13.2. The lowest BCUT2D eigenvalue weighted by Crippen LogP contribution is -2.12. The molecule has 4 aromatic rings. The fourth-order valence-corrected chi connectivity index (χ4v) is 4.62. The number of aromatic hydroxyl groups is 1. The number of methoxy groups -OCH3 is 1. The first-order valence-corrected chi connectivity index (χ1v) is 11.3. The molecule has 0 saturated carbocycles. The van der Waals surface area contributed by atoms with Crippen molar-refractivity contribution >= 4 is 43.5 Å². The Morgan fingerprint density at radius 1 is 1.03 bits per heavy atom. The third kappa shape index (κ3) is 4.57. The first-order valence-electron chi connectivity index (χ1n) is 9.59. The highest BCUT2D eigenvalue weighted by molar-refractivity contribution is 8.01. The zero-order valence-corrected chi connectivity index (χ0v) is 18.1. The minimum atomic E-state index is -2.73. The van der Waals surface area contributed by atoms with Gasteiger partial charge in [-0.2, -0.15) is 0 Å². The zero-order valence-electron chi connectivity index (χ0n) is 17.3. The average Bonchev–Trinajstić information content (AvgIpc) is 2.73. The molecule has 31 heavy (non-hydrogen) atoms. The predicted molar refractivity (Wildman–Crippen MR) is 128 cm³/mol. The van der Waals surface area contributed by atoms with Gasteiger partial charge in [-0.25, -0.2) is 4.21 Å². The second-order valence-corrected chi connectivity index (χ2v) is 9.26. The van der Waals surface area contributed by atoms with Crippen LogP contribution in [0.25, 0.3) is 10.9 Å². The summed E-state index contributed by atoms with van der Waals surface area (Å²) in [5, 5.41) is 14.1. The second-order valence-electron chi connectivity index (χ2n) is 7.23. The molecule has 1 atom stereocenters. The van der Waals surface area contributed by atoms with Crippen molar-refractivity contribution in [3.8, 4) is 11.5 Å². The Kier molecular flexibility index (Phi) is 5.44. The standard InChI is InChI=1S/C24H23N3O3S/c1-16-5-4-6-21(11-16)31(3,29)27-17-7-8-23-22(14-17)24(9-10-25-23)26-18-12-19(28)15-20(13-18)30-2/h4-15,28H,3H2,1-2H3,(H,25,26)(H,27,29). The molecule has 0 amide bonds. The first-order chi connectivity index (χ1) is 14.8. The summed E-state index contributed by atoms with van der Waals surface area (Å²) >= 11 is 0. The molecule has 158 valence electrons. The van der Waals surface area contributed by atoms with E-state index in [0.29, 0.717) is 22.0 Å². The SMILES string of the molecule is C=S(=O)(Nc1ccc2nccc(Nc3cc(O)cc(OC)c3)c2c1)c1cccc(C)c1. The summed E-state index contributed by atoms with van der Waals surface area (Å²) in [6.45, 7) is 1.95. The molecule has 1 aromatic heterocycles. The molecule has 4 rings (SSSR count). The van der Waals surface area contributed by atoms with Gasteiger partial charge in [0.05, 0.1) is 22.3 Å². The highest BCUT2D eigenvalue weighted by Gasteiger charge is 2.11. The molecule has 0 radical (unpaired) electrons. The van der Waals surface area contributed by atoms with E-state index in [2.05, 4.69) is 20.9 Å². The van der Waals surface area contributed by atoms with Crippen LogP contribution < -0.4 is 14.8 Å². The Hall–Kier alpha value is -3.71. The lowest BCUT2D eigenvalue weighted by molar-refractivity contribution is 0.408. The van der Waals surface area contributed by atoms with Crippen LogP contribution in [-0.4, -0.2) is 27.3 Å². The Balaban J connectivity index is 1.70. The van der Waals surface area contributed by atoms with Gasteiger partial charge in [-0.15, -0.1) is 0 Å². The number of hydrogen-bond acceptors (Lipinski definition) is 5. The minimum absolute atomic E-state index is 0.0949. The third-order valence-electron chi connectivity index (χ3n) is 4.80. The van der Waals surface area contributed by atoms with Gasteiger partial charge in [0.15, 0.2) is 0 Å². The van der Waals surface area contributed by atoms with Crippen molar-refractivity contribution in [2.45, 2.75) is 11.8 Å². The Bertz CT molecular complexity index is 1370. The van der Waals surface area contributed by atoms with Crippen molar-refractivity contribution in [2.24, 2.45) is 0 Å². The van der Waals surface area contributed by atoms with Gasteiger partial charge in [0.25, 0.3) is 0 Å². The van der Waals surface area contributed by atoms with Gasteiger partial charge in [-0.1, -0.05) is 12.1 Å². The average molecular weight is 434 g/mol. The van der Waals surface area contributed by atoms with Gasteiger partial charge >= 0.3 is 0 Å². The summed E-state index contributed by atoms with van der Waals surface area (Å²) in [6, 6.07) is 19.8. The number of aryl methyl sites for hydroxylation is 1. The summed E-state index contributed by atoms with van der Waals surface area (Å²) < 4.78 is 21.5. The molecule has 1 heterocycles. The van der Waals surface area contributed by atoms with Crippen LogP contribution in [0.2, 0.25) is 0 Å². The van der Waals surface area contributed by atoms with Gasteiger partial charge in [0, 0.05) is 51.7 Å². The number of ether oxygens (including phenoxy) is 1. The molecule has 0 aliphatic heterocycles. The Morgan fingerprint density at radius 3 is 2.65 bits per heavy atom. The van der Waals surface area contributed by atoms with Crippen LogP contribution in [0.5, 0.6) is 11.5 Å². The molecular formula is C24H23N3O3S. The predicted octanol–water partition coefficient (Wildman–Crippen LogP) is 5.10. The van der Waals surface area contributed by atoms with Crippen LogP contribution in [0.15, 0.2) is 77.8 Å². The first kappa shape index (κ1) is 20.6. The Morgan fingerprint density at radius 2 is 1.87 bits per heavy atom. The molecule has 0 aliphatic carbocycles. The van der Waals surface area contributed by atoms with Gasteiger partial charge < -0.3 is 19.9 Å². The number of rotatable bonds is 6. The van der Waals surface area contributed by atoms with Gasteiger partial charge in [0.2, 0.25) is 0 Å². The molecule has 3 N–H and O–H groups in total.